The maximum Gasteiger partial charge on any atom is 0.261 e. The van der Waals surface area contributed by atoms with Gasteiger partial charge in [0.05, 0.1) is 27.6 Å². The topological polar surface area (TPSA) is 109 Å². The lowest BCUT2D eigenvalue weighted by molar-refractivity contribution is 0.0927. The van der Waals surface area contributed by atoms with Gasteiger partial charge in [-0.1, -0.05) is 0 Å². The van der Waals surface area contributed by atoms with Gasteiger partial charge >= 0.3 is 0 Å². The van der Waals surface area contributed by atoms with Crippen LogP contribution in [0.3, 0.4) is 0 Å². The summed E-state index contributed by atoms with van der Waals surface area (Å²) in [5.41, 5.74) is 0.286. The Kier molecular flexibility index (Phi) is 3.40. The largest absolute Gasteiger partial charge is 0.392 e. The van der Waals surface area contributed by atoms with Crippen molar-refractivity contribution in [3.8, 4) is 0 Å². The van der Waals surface area contributed by atoms with E-state index in [9.17, 15) is 14.4 Å². The molecule has 0 aromatic carbocycles. The molecule has 7 nitrogen and oxygen atoms in total. The molecule has 0 bridgehead atoms. The van der Waals surface area contributed by atoms with Gasteiger partial charge in [0.2, 0.25) is 11.6 Å². The highest BCUT2D eigenvalue weighted by molar-refractivity contribution is 7.16. The van der Waals surface area contributed by atoms with Crippen molar-refractivity contribution < 1.29 is 19.5 Å². The van der Waals surface area contributed by atoms with Gasteiger partial charge in [-0.05, 0) is 13.0 Å². The highest BCUT2D eigenvalue weighted by Gasteiger charge is 2.36. The third-order valence-corrected chi connectivity index (χ3v) is 4.54. The van der Waals surface area contributed by atoms with E-state index < -0.39 is 12.0 Å². The standard InChI is InChI=1S/C12H9N3O4S2/c1-4(16)3-13-12(19)6-2-5-9(17)7-8(15-21-14-7)10(18)11(5)20-6/h2,4,16H,3H2,1H3,(H,13,19). The van der Waals surface area contributed by atoms with E-state index in [1.807, 2.05) is 0 Å². The number of fused-ring (bicyclic) bond motifs is 2. The number of amides is 1. The molecule has 1 amide bonds. The molecule has 2 aromatic heterocycles. The third-order valence-electron chi connectivity index (χ3n) is 2.88. The molecule has 0 spiro atoms. The van der Waals surface area contributed by atoms with E-state index in [4.69, 9.17) is 5.11 Å². The highest BCUT2D eigenvalue weighted by atomic mass is 32.1. The first kappa shape index (κ1) is 14.0. The van der Waals surface area contributed by atoms with Crippen LogP contribution in [0.25, 0.3) is 0 Å². The normalized spacial score (nSPS) is 14.6. The second kappa shape index (κ2) is 5.10. The van der Waals surface area contributed by atoms with Gasteiger partial charge in [-0.15, -0.1) is 11.3 Å². The van der Waals surface area contributed by atoms with Crippen molar-refractivity contribution in [2.75, 3.05) is 6.54 Å². The fraction of sp³-hybridized carbons (Fsp3) is 0.250. The fourth-order valence-electron chi connectivity index (χ4n) is 1.89. The maximum atomic E-state index is 12.2. The fourth-order valence-corrected chi connectivity index (χ4v) is 3.44. The molecule has 1 aliphatic carbocycles. The molecule has 1 atom stereocenters. The zero-order valence-electron chi connectivity index (χ0n) is 10.7. The van der Waals surface area contributed by atoms with Gasteiger partial charge in [0.1, 0.15) is 0 Å². The van der Waals surface area contributed by atoms with E-state index in [1.165, 1.54) is 6.07 Å². The van der Waals surface area contributed by atoms with E-state index in [-0.39, 0.29) is 44.8 Å². The number of aromatic nitrogens is 2. The molecular formula is C12H9N3O4S2. The zero-order chi connectivity index (χ0) is 15.1. The minimum absolute atomic E-state index is 0.0474. The van der Waals surface area contributed by atoms with Crippen molar-refractivity contribution in [2.24, 2.45) is 0 Å². The van der Waals surface area contributed by atoms with Gasteiger partial charge in [-0.25, -0.2) is 0 Å². The Morgan fingerprint density at radius 3 is 2.67 bits per heavy atom. The van der Waals surface area contributed by atoms with E-state index in [0.29, 0.717) is 0 Å². The third kappa shape index (κ3) is 2.28. The van der Waals surface area contributed by atoms with E-state index in [0.717, 1.165) is 23.1 Å². The average molecular weight is 323 g/mol. The minimum Gasteiger partial charge on any atom is -0.392 e. The van der Waals surface area contributed by atoms with E-state index in [2.05, 4.69) is 14.1 Å². The number of hydrogen-bond acceptors (Lipinski definition) is 8. The predicted molar refractivity (Wildman–Crippen MR) is 75.1 cm³/mol. The van der Waals surface area contributed by atoms with Crippen molar-refractivity contribution in [3.63, 3.8) is 0 Å². The molecule has 0 saturated heterocycles. The Hall–Kier alpha value is -1.97. The van der Waals surface area contributed by atoms with Crippen LogP contribution in [0.15, 0.2) is 6.07 Å². The maximum absolute atomic E-state index is 12.2. The number of aliphatic hydroxyl groups excluding tert-OH is 1. The number of carbonyl (C=O) groups excluding carboxylic acids is 3. The molecule has 0 aliphatic heterocycles. The van der Waals surface area contributed by atoms with Gasteiger partial charge in [-0.2, -0.15) is 8.75 Å². The number of carbonyl (C=O) groups is 3. The van der Waals surface area contributed by atoms with E-state index in [1.54, 1.807) is 6.92 Å². The summed E-state index contributed by atoms with van der Waals surface area (Å²) in [6.45, 7) is 1.64. The molecule has 9 heteroatoms. The van der Waals surface area contributed by atoms with Crippen LogP contribution >= 0.6 is 23.1 Å². The lowest BCUT2D eigenvalue weighted by Gasteiger charge is -2.05. The smallest absolute Gasteiger partial charge is 0.261 e. The Bertz CT molecular complexity index is 714. The lowest BCUT2D eigenvalue weighted by Crippen LogP contribution is -2.29. The molecule has 1 aliphatic rings. The molecule has 1 unspecified atom stereocenters. The van der Waals surface area contributed by atoms with Crippen molar-refractivity contribution in [3.05, 3.63) is 32.8 Å². The Morgan fingerprint density at radius 2 is 2.00 bits per heavy atom. The summed E-state index contributed by atoms with van der Waals surface area (Å²) in [7, 11) is 0. The average Bonchev–Trinajstić information content (AvgIpc) is 3.08. The first-order valence-electron chi connectivity index (χ1n) is 6.01. The van der Waals surface area contributed by atoms with Gasteiger partial charge in [0.25, 0.3) is 5.91 Å². The SMILES string of the molecule is CC(O)CNC(=O)c1cc2c(s1)C(=O)c1nsnc1C2=O. The second-order valence-corrected chi connectivity index (χ2v) is 6.11. The molecular weight excluding hydrogens is 314 g/mol. The van der Waals surface area contributed by atoms with Gasteiger partial charge in [-0.3, -0.25) is 14.4 Å². The number of aliphatic hydroxyl groups is 1. The van der Waals surface area contributed by atoms with Crippen LogP contribution in [0.5, 0.6) is 0 Å². The molecule has 21 heavy (non-hydrogen) atoms. The van der Waals surface area contributed by atoms with E-state index >= 15 is 0 Å². The van der Waals surface area contributed by atoms with Crippen LogP contribution in [0.2, 0.25) is 0 Å². The zero-order valence-corrected chi connectivity index (χ0v) is 12.4. The molecule has 3 rings (SSSR count). The van der Waals surface area contributed by atoms with Gasteiger partial charge < -0.3 is 10.4 Å². The summed E-state index contributed by atoms with van der Waals surface area (Å²) in [6, 6.07) is 1.39. The molecule has 2 heterocycles. The van der Waals surface area contributed by atoms with Crippen LogP contribution in [0.1, 0.15) is 48.0 Å². The Balaban J connectivity index is 1.94. The number of ketones is 2. The monoisotopic (exact) mass is 323 g/mol. The summed E-state index contributed by atoms with van der Waals surface area (Å²) in [5.74, 6) is -1.20. The number of nitrogens with zero attached hydrogens (tertiary/aromatic N) is 2. The summed E-state index contributed by atoms with van der Waals surface area (Å²) in [4.78, 5) is 36.8. The quantitative estimate of drug-likeness (QED) is 0.726. The summed E-state index contributed by atoms with van der Waals surface area (Å²) in [6.07, 6.45) is -0.674. The van der Waals surface area contributed by atoms with Crippen molar-refractivity contribution in [1.82, 2.24) is 14.1 Å². The molecule has 108 valence electrons. The Labute approximate surface area is 127 Å². The Morgan fingerprint density at radius 1 is 1.33 bits per heavy atom. The first-order valence-corrected chi connectivity index (χ1v) is 7.55. The number of hydrogen-bond donors (Lipinski definition) is 2. The molecule has 0 radical (unpaired) electrons. The molecule has 2 aromatic rings. The summed E-state index contributed by atoms with van der Waals surface area (Å²) < 4.78 is 7.67. The number of rotatable bonds is 3. The summed E-state index contributed by atoms with van der Waals surface area (Å²) in [5, 5.41) is 11.7. The van der Waals surface area contributed by atoms with Crippen molar-refractivity contribution in [2.45, 2.75) is 13.0 Å². The van der Waals surface area contributed by atoms with Crippen molar-refractivity contribution in [1.29, 1.82) is 0 Å². The predicted octanol–water partition coefficient (Wildman–Crippen LogP) is 0.486. The first-order chi connectivity index (χ1) is 9.99. The number of nitrogens with one attached hydrogen (secondary N) is 1. The highest BCUT2D eigenvalue weighted by Crippen LogP contribution is 2.32. The summed E-state index contributed by atoms with van der Waals surface area (Å²) >= 11 is 1.76. The van der Waals surface area contributed by atoms with Crippen LogP contribution in [0.4, 0.5) is 0 Å². The van der Waals surface area contributed by atoms with Crippen LogP contribution in [-0.2, 0) is 0 Å². The lowest BCUT2D eigenvalue weighted by atomic mass is 9.97. The minimum atomic E-state index is -0.674. The van der Waals surface area contributed by atoms with Crippen LogP contribution in [-0.4, -0.2) is 44.0 Å². The second-order valence-electron chi connectivity index (χ2n) is 4.53. The molecule has 2 N–H and O–H groups in total. The van der Waals surface area contributed by atoms with Gasteiger partial charge in [0.15, 0.2) is 11.4 Å². The van der Waals surface area contributed by atoms with Gasteiger partial charge in [0, 0.05) is 12.1 Å². The van der Waals surface area contributed by atoms with Crippen LogP contribution < -0.4 is 5.32 Å². The van der Waals surface area contributed by atoms with Crippen LogP contribution in [0, 0.1) is 0 Å². The molecule has 0 saturated carbocycles. The van der Waals surface area contributed by atoms with Crippen molar-refractivity contribution >= 4 is 40.5 Å². The number of thiophene rings is 1. The molecule has 0 fully saturated rings.